The second-order valence-corrected chi connectivity index (χ2v) is 8.82. The van der Waals surface area contributed by atoms with Gasteiger partial charge in [0.2, 0.25) is 10.0 Å². The fourth-order valence-electron chi connectivity index (χ4n) is 2.88. The molecule has 0 N–H and O–H groups in total. The average molecular weight is 413 g/mol. The first-order valence-corrected chi connectivity index (χ1v) is 10.3. The van der Waals surface area contributed by atoms with Gasteiger partial charge in [0.1, 0.15) is 0 Å². The molecule has 3 rings (SSSR count). The lowest BCUT2D eigenvalue weighted by Crippen LogP contribution is -2.48. The number of carbonyl (C=O) groups excluding carboxylic acids is 1. The van der Waals surface area contributed by atoms with Crippen molar-refractivity contribution in [3.63, 3.8) is 0 Å². The number of ketones is 1. The molecule has 0 unspecified atom stereocenters. The Labute approximate surface area is 163 Å². The van der Waals surface area contributed by atoms with E-state index in [9.17, 15) is 13.2 Å². The maximum atomic E-state index is 12.8. The predicted molar refractivity (Wildman–Crippen MR) is 104 cm³/mol. The van der Waals surface area contributed by atoms with Crippen LogP contribution in [0.1, 0.15) is 17.3 Å². The topological polar surface area (TPSA) is 57.7 Å². The lowest BCUT2D eigenvalue weighted by Gasteiger charge is -2.35. The number of rotatable bonds is 4. The van der Waals surface area contributed by atoms with Crippen molar-refractivity contribution in [2.75, 3.05) is 31.1 Å². The van der Waals surface area contributed by atoms with Crippen LogP contribution in [0.5, 0.6) is 0 Å². The Bertz CT molecular complexity index is 922. The van der Waals surface area contributed by atoms with Gasteiger partial charge in [-0.2, -0.15) is 4.31 Å². The van der Waals surface area contributed by atoms with E-state index in [1.165, 1.54) is 23.4 Å². The molecule has 5 nitrogen and oxygen atoms in total. The van der Waals surface area contributed by atoms with E-state index in [4.69, 9.17) is 23.2 Å². The number of nitrogens with zero attached hydrogens (tertiary/aromatic N) is 2. The van der Waals surface area contributed by atoms with Crippen molar-refractivity contribution in [2.45, 2.75) is 11.8 Å². The number of anilines is 1. The molecular formula is C18H18Cl2N2O3S. The summed E-state index contributed by atoms with van der Waals surface area (Å²) in [4.78, 5) is 13.6. The third-order valence-electron chi connectivity index (χ3n) is 4.41. The molecule has 2 aromatic carbocycles. The first-order chi connectivity index (χ1) is 12.3. The highest BCUT2D eigenvalue weighted by molar-refractivity contribution is 7.89. The van der Waals surface area contributed by atoms with Crippen LogP contribution in [0.2, 0.25) is 10.0 Å². The number of piperazine rings is 1. The zero-order valence-corrected chi connectivity index (χ0v) is 16.5. The van der Waals surface area contributed by atoms with E-state index in [1.807, 2.05) is 6.07 Å². The Morgan fingerprint density at radius 2 is 1.54 bits per heavy atom. The average Bonchev–Trinajstić information content (AvgIpc) is 2.64. The van der Waals surface area contributed by atoms with Crippen molar-refractivity contribution in [3.8, 4) is 0 Å². The third kappa shape index (κ3) is 3.88. The van der Waals surface area contributed by atoms with E-state index in [1.54, 1.807) is 24.3 Å². The molecule has 0 spiro atoms. The molecule has 1 saturated heterocycles. The molecule has 1 heterocycles. The number of carbonyl (C=O) groups is 1. The van der Waals surface area contributed by atoms with Crippen molar-refractivity contribution in [1.82, 2.24) is 4.31 Å². The minimum absolute atomic E-state index is 0.0933. The molecule has 26 heavy (non-hydrogen) atoms. The van der Waals surface area contributed by atoms with Gasteiger partial charge in [-0.05, 0) is 37.3 Å². The zero-order chi connectivity index (χ0) is 18.9. The Morgan fingerprint density at radius 1 is 0.923 bits per heavy atom. The van der Waals surface area contributed by atoms with Crippen LogP contribution in [0, 0.1) is 0 Å². The van der Waals surface area contributed by atoms with Crippen molar-refractivity contribution in [1.29, 1.82) is 0 Å². The standard InChI is InChI=1S/C18H18Cl2N2O3S/c1-13(23)14-2-5-16(6-3-14)26(24,25)22-10-8-21(9-11-22)15-4-7-17(19)18(20)12-15/h2-7,12H,8-11H2,1H3. The van der Waals surface area contributed by atoms with E-state index >= 15 is 0 Å². The van der Waals surface area contributed by atoms with E-state index in [0.29, 0.717) is 41.8 Å². The summed E-state index contributed by atoms with van der Waals surface area (Å²) in [6.45, 7) is 3.31. The minimum Gasteiger partial charge on any atom is -0.369 e. The maximum absolute atomic E-state index is 12.8. The van der Waals surface area contributed by atoms with E-state index < -0.39 is 10.0 Å². The fraction of sp³-hybridized carbons (Fsp3) is 0.278. The summed E-state index contributed by atoms with van der Waals surface area (Å²) < 4.78 is 27.1. The summed E-state index contributed by atoms with van der Waals surface area (Å²) >= 11 is 12.0. The summed E-state index contributed by atoms with van der Waals surface area (Å²) in [5.41, 5.74) is 1.41. The van der Waals surface area contributed by atoms with Crippen molar-refractivity contribution >= 4 is 44.7 Å². The van der Waals surface area contributed by atoms with Gasteiger partial charge in [0.25, 0.3) is 0 Å². The molecule has 0 saturated carbocycles. The van der Waals surface area contributed by atoms with Gasteiger partial charge >= 0.3 is 0 Å². The lowest BCUT2D eigenvalue weighted by molar-refractivity contribution is 0.101. The minimum atomic E-state index is -3.58. The number of hydrogen-bond acceptors (Lipinski definition) is 4. The zero-order valence-electron chi connectivity index (χ0n) is 14.2. The van der Waals surface area contributed by atoms with Crippen molar-refractivity contribution in [3.05, 3.63) is 58.1 Å². The predicted octanol–water partition coefficient (Wildman–Crippen LogP) is 3.71. The van der Waals surface area contributed by atoms with E-state index in [2.05, 4.69) is 4.90 Å². The van der Waals surface area contributed by atoms with Gasteiger partial charge in [-0.3, -0.25) is 4.79 Å². The number of halogens is 2. The van der Waals surface area contributed by atoms with Gasteiger partial charge in [0.15, 0.2) is 5.78 Å². The van der Waals surface area contributed by atoms with Crippen LogP contribution in [0.25, 0.3) is 0 Å². The van der Waals surface area contributed by atoms with E-state index in [-0.39, 0.29) is 10.7 Å². The molecule has 0 radical (unpaired) electrons. The molecular weight excluding hydrogens is 395 g/mol. The molecule has 1 fully saturated rings. The van der Waals surface area contributed by atoms with E-state index in [0.717, 1.165) is 5.69 Å². The van der Waals surface area contributed by atoms with Crippen LogP contribution < -0.4 is 4.90 Å². The number of sulfonamides is 1. The summed E-state index contributed by atoms with van der Waals surface area (Å²) in [7, 11) is -3.58. The Morgan fingerprint density at radius 3 is 2.08 bits per heavy atom. The molecule has 0 aromatic heterocycles. The quantitative estimate of drug-likeness (QED) is 0.718. The number of hydrogen-bond donors (Lipinski definition) is 0. The van der Waals surface area contributed by atoms with Crippen LogP contribution in [0.4, 0.5) is 5.69 Å². The normalized spacial score (nSPS) is 15.9. The van der Waals surface area contributed by atoms with Crippen LogP contribution in [0.15, 0.2) is 47.4 Å². The monoisotopic (exact) mass is 412 g/mol. The molecule has 138 valence electrons. The van der Waals surface area contributed by atoms with Crippen LogP contribution in [-0.4, -0.2) is 44.7 Å². The van der Waals surface area contributed by atoms with Crippen LogP contribution in [0.3, 0.4) is 0 Å². The molecule has 1 aliphatic rings. The lowest BCUT2D eigenvalue weighted by atomic mass is 10.2. The van der Waals surface area contributed by atoms with Gasteiger partial charge in [0, 0.05) is 37.4 Å². The molecule has 2 aromatic rings. The van der Waals surface area contributed by atoms with Gasteiger partial charge in [0.05, 0.1) is 14.9 Å². The molecule has 1 aliphatic heterocycles. The Hall–Kier alpha value is -1.60. The molecule has 0 aliphatic carbocycles. The van der Waals surface area contributed by atoms with Crippen molar-refractivity contribution < 1.29 is 13.2 Å². The summed E-state index contributed by atoms with van der Waals surface area (Å²) in [5.74, 6) is -0.0933. The summed E-state index contributed by atoms with van der Waals surface area (Å²) in [5, 5.41) is 0.968. The largest absolute Gasteiger partial charge is 0.369 e. The van der Waals surface area contributed by atoms with Gasteiger partial charge in [-0.1, -0.05) is 35.3 Å². The highest BCUT2D eigenvalue weighted by atomic mass is 35.5. The fourth-order valence-corrected chi connectivity index (χ4v) is 4.59. The van der Waals surface area contributed by atoms with Crippen LogP contribution in [-0.2, 0) is 10.0 Å². The molecule has 0 bridgehead atoms. The molecule has 0 amide bonds. The van der Waals surface area contributed by atoms with Gasteiger partial charge in [-0.25, -0.2) is 8.42 Å². The molecule has 8 heteroatoms. The Balaban J connectivity index is 1.72. The van der Waals surface area contributed by atoms with Crippen molar-refractivity contribution in [2.24, 2.45) is 0 Å². The number of benzene rings is 2. The first-order valence-electron chi connectivity index (χ1n) is 8.10. The Kier molecular flexibility index (Phi) is 5.58. The second kappa shape index (κ2) is 7.56. The van der Waals surface area contributed by atoms with Gasteiger partial charge < -0.3 is 4.90 Å². The molecule has 0 atom stereocenters. The van der Waals surface area contributed by atoms with Gasteiger partial charge in [-0.15, -0.1) is 0 Å². The van der Waals surface area contributed by atoms with Crippen LogP contribution >= 0.6 is 23.2 Å². The highest BCUT2D eigenvalue weighted by Gasteiger charge is 2.28. The second-order valence-electron chi connectivity index (χ2n) is 6.07. The number of Topliss-reactive ketones (excluding diaryl/α,β-unsaturated/α-hetero) is 1. The smallest absolute Gasteiger partial charge is 0.243 e. The summed E-state index contributed by atoms with van der Waals surface area (Å²) in [6.07, 6.45) is 0. The highest BCUT2D eigenvalue weighted by Crippen LogP contribution is 2.28. The summed E-state index contributed by atoms with van der Waals surface area (Å²) in [6, 6.07) is 11.4. The third-order valence-corrected chi connectivity index (χ3v) is 7.06. The first kappa shape index (κ1) is 19.2. The maximum Gasteiger partial charge on any atom is 0.243 e. The SMILES string of the molecule is CC(=O)c1ccc(S(=O)(=O)N2CCN(c3ccc(Cl)c(Cl)c3)CC2)cc1.